The highest BCUT2D eigenvalue weighted by molar-refractivity contribution is 7.92. The Balaban J connectivity index is 1.82. The second-order valence-corrected chi connectivity index (χ2v) is 9.66. The summed E-state index contributed by atoms with van der Waals surface area (Å²) in [6.45, 7) is 1.91. The molecule has 0 saturated heterocycles. The van der Waals surface area contributed by atoms with E-state index in [4.69, 9.17) is 4.42 Å². The zero-order valence-corrected chi connectivity index (χ0v) is 17.9. The van der Waals surface area contributed by atoms with Crippen molar-refractivity contribution in [1.82, 2.24) is 0 Å². The van der Waals surface area contributed by atoms with Gasteiger partial charge in [-0.3, -0.25) is 4.79 Å². The number of nitrogens with one attached hydrogen (secondary N) is 1. The Labute approximate surface area is 181 Å². The van der Waals surface area contributed by atoms with Crippen molar-refractivity contribution in [2.45, 2.75) is 37.1 Å². The highest BCUT2D eigenvalue weighted by Crippen LogP contribution is 2.47. The third-order valence-corrected chi connectivity index (χ3v) is 7.57. The second kappa shape index (κ2) is 7.42. The van der Waals surface area contributed by atoms with E-state index in [0.29, 0.717) is 35.5 Å². The van der Waals surface area contributed by atoms with Crippen LogP contribution in [0.25, 0.3) is 0 Å². The summed E-state index contributed by atoms with van der Waals surface area (Å²) in [5.41, 5.74) is 3.30. The molecule has 0 radical (unpaired) electrons. The van der Waals surface area contributed by atoms with Crippen LogP contribution in [0.3, 0.4) is 0 Å². The van der Waals surface area contributed by atoms with Crippen LogP contribution in [0.15, 0.2) is 87.5 Å². The van der Waals surface area contributed by atoms with Gasteiger partial charge in [0.15, 0.2) is 5.78 Å². The summed E-state index contributed by atoms with van der Waals surface area (Å²) in [4.78, 5) is 13.3. The van der Waals surface area contributed by atoms with Gasteiger partial charge in [0, 0.05) is 17.7 Å². The lowest BCUT2D eigenvalue weighted by atomic mass is 9.89. The van der Waals surface area contributed by atoms with Gasteiger partial charge in [-0.1, -0.05) is 29.8 Å². The number of aryl methyl sites for hydroxylation is 1. The molecule has 1 aromatic heterocycles. The molecule has 0 fully saturated rings. The van der Waals surface area contributed by atoms with E-state index >= 15 is 0 Å². The van der Waals surface area contributed by atoms with Crippen LogP contribution < -0.4 is 9.62 Å². The van der Waals surface area contributed by atoms with Crippen LogP contribution in [0.4, 0.5) is 11.4 Å². The number of nitrogens with zero attached hydrogens (tertiary/aromatic N) is 1. The smallest absolute Gasteiger partial charge is 0.265 e. The van der Waals surface area contributed by atoms with Gasteiger partial charge in [0.25, 0.3) is 10.0 Å². The topological polar surface area (TPSA) is 79.6 Å². The van der Waals surface area contributed by atoms with Crippen LogP contribution in [0, 0.1) is 6.92 Å². The number of allylic oxidation sites excluding steroid dienone is 1. The number of hydrogen-bond donors (Lipinski definition) is 1. The summed E-state index contributed by atoms with van der Waals surface area (Å²) in [5, 5.41) is 3.36. The molecule has 6 nitrogen and oxygen atoms in total. The van der Waals surface area contributed by atoms with Gasteiger partial charge in [-0.05, 0) is 56.2 Å². The fraction of sp³-hybridized carbons (Fsp3) is 0.208. The molecule has 0 saturated carbocycles. The van der Waals surface area contributed by atoms with E-state index in [2.05, 4.69) is 5.32 Å². The van der Waals surface area contributed by atoms with E-state index in [0.717, 1.165) is 17.7 Å². The molecule has 0 spiro atoms. The maximum absolute atomic E-state index is 14.0. The molecule has 2 aromatic carbocycles. The predicted molar refractivity (Wildman–Crippen MR) is 118 cm³/mol. The quantitative estimate of drug-likeness (QED) is 0.630. The molecule has 31 heavy (non-hydrogen) atoms. The molecule has 5 rings (SSSR count). The number of fused-ring (bicyclic) bond motifs is 1. The van der Waals surface area contributed by atoms with Gasteiger partial charge < -0.3 is 9.73 Å². The van der Waals surface area contributed by atoms with Crippen molar-refractivity contribution in [2.24, 2.45) is 0 Å². The zero-order chi connectivity index (χ0) is 21.6. The summed E-state index contributed by atoms with van der Waals surface area (Å²) < 4.78 is 35.1. The molecule has 7 heteroatoms. The third-order valence-electron chi connectivity index (χ3n) is 5.78. The van der Waals surface area contributed by atoms with Gasteiger partial charge in [-0.25, -0.2) is 12.7 Å². The number of sulfonamides is 1. The first-order chi connectivity index (χ1) is 15.0. The molecule has 1 N–H and O–H groups in total. The van der Waals surface area contributed by atoms with Crippen LogP contribution in [-0.4, -0.2) is 14.2 Å². The Morgan fingerprint density at radius 1 is 1.00 bits per heavy atom. The van der Waals surface area contributed by atoms with Crippen molar-refractivity contribution < 1.29 is 17.6 Å². The fourth-order valence-electron chi connectivity index (χ4n) is 4.30. The summed E-state index contributed by atoms with van der Waals surface area (Å²) >= 11 is 0. The fourth-order valence-corrected chi connectivity index (χ4v) is 5.91. The lowest BCUT2D eigenvalue weighted by Crippen LogP contribution is -2.37. The van der Waals surface area contributed by atoms with Crippen molar-refractivity contribution in [3.8, 4) is 0 Å². The number of carbonyl (C=O) groups is 1. The standard InChI is InChI=1S/C24H22N2O4S/c1-16-11-13-17(14-12-16)31(28,29)26-20-8-3-2-6-18(20)25-19-7-4-9-21(27)23(19)24(26)22-10-5-15-30-22/h2-3,5-6,8,10-15,24-25H,4,7,9H2,1H3. The molecule has 0 bridgehead atoms. The van der Waals surface area contributed by atoms with Crippen molar-refractivity contribution >= 4 is 27.2 Å². The van der Waals surface area contributed by atoms with Gasteiger partial charge >= 0.3 is 0 Å². The Kier molecular flexibility index (Phi) is 4.70. The van der Waals surface area contributed by atoms with Gasteiger partial charge in [0.2, 0.25) is 0 Å². The number of hydrogen-bond acceptors (Lipinski definition) is 5. The van der Waals surface area contributed by atoms with E-state index in [9.17, 15) is 13.2 Å². The van der Waals surface area contributed by atoms with Gasteiger partial charge in [-0.15, -0.1) is 0 Å². The molecule has 1 unspecified atom stereocenters. The van der Waals surface area contributed by atoms with E-state index in [1.807, 2.05) is 19.1 Å². The lowest BCUT2D eigenvalue weighted by molar-refractivity contribution is -0.116. The molecule has 2 heterocycles. The zero-order valence-electron chi connectivity index (χ0n) is 17.0. The highest BCUT2D eigenvalue weighted by atomic mass is 32.2. The Morgan fingerprint density at radius 2 is 1.77 bits per heavy atom. The number of anilines is 2. The van der Waals surface area contributed by atoms with E-state index in [1.54, 1.807) is 48.5 Å². The molecule has 1 atom stereocenters. The van der Waals surface area contributed by atoms with Crippen molar-refractivity contribution in [3.05, 3.63) is 89.5 Å². The van der Waals surface area contributed by atoms with E-state index < -0.39 is 16.1 Å². The van der Waals surface area contributed by atoms with Crippen LogP contribution in [0.5, 0.6) is 0 Å². The summed E-state index contributed by atoms with van der Waals surface area (Å²) in [7, 11) is -4.02. The number of rotatable bonds is 3. The molecule has 2 aliphatic rings. The van der Waals surface area contributed by atoms with Gasteiger partial charge in [0.1, 0.15) is 11.8 Å². The monoisotopic (exact) mass is 434 g/mol. The van der Waals surface area contributed by atoms with Crippen LogP contribution >= 0.6 is 0 Å². The Bertz CT molecular complexity index is 1280. The average Bonchev–Trinajstić information content (AvgIpc) is 3.23. The first-order valence-electron chi connectivity index (χ1n) is 10.2. The highest BCUT2D eigenvalue weighted by Gasteiger charge is 2.43. The molecular weight excluding hydrogens is 412 g/mol. The number of benzene rings is 2. The van der Waals surface area contributed by atoms with Crippen LogP contribution in [0.2, 0.25) is 0 Å². The number of para-hydroxylation sites is 2. The molecule has 1 aliphatic carbocycles. The van der Waals surface area contributed by atoms with Crippen LogP contribution in [0.1, 0.15) is 36.6 Å². The number of Topliss-reactive ketones (excluding diaryl/α,β-unsaturated/α-hetero) is 1. The van der Waals surface area contributed by atoms with Crippen LogP contribution in [-0.2, 0) is 14.8 Å². The summed E-state index contributed by atoms with van der Waals surface area (Å²) in [6, 6.07) is 16.5. The largest absolute Gasteiger partial charge is 0.467 e. The van der Waals surface area contributed by atoms with E-state index in [-0.39, 0.29) is 10.7 Å². The summed E-state index contributed by atoms with van der Waals surface area (Å²) in [6.07, 6.45) is 3.28. The molecule has 158 valence electrons. The number of carbonyl (C=O) groups excluding carboxylic acids is 1. The first-order valence-corrected chi connectivity index (χ1v) is 11.7. The average molecular weight is 435 g/mol. The van der Waals surface area contributed by atoms with Crippen molar-refractivity contribution in [3.63, 3.8) is 0 Å². The Morgan fingerprint density at radius 3 is 2.52 bits per heavy atom. The van der Waals surface area contributed by atoms with Crippen molar-refractivity contribution in [1.29, 1.82) is 0 Å². The predicted octanol–water partition coefficient (Wildman–Crippen LogP) is 4.96. The summed E-state index contributed by atoms with van der Waals surface area (Å²) in [5.74, 6) is 0.351. The van der Waals surface area contributed by atoms with Crippen molar-refractivity contribution in [2.75, 3.05) is 9.62 Å². The molecule has 1 aliphatic heterocycles. The molecular formula is C24H22N2O4S. The molecule has 3 aromatic rings. The van der Waals surface area contributed by atoms with Gasteiger partial charge in [0.05, 0.1) is 22.5 Å². The van der Waals surface area contributed by atoms with Gasteiger partial charge in [-0.2, -0.15) is 0 Å². The SMILES string of the molecule is Cc1ccc(S(=O)(=O)N2c3ccccc3NC3=C(C(=O)CCC3)C2c2ccco2)cc1. The van der Waals surface area contributed by atoms with E-state index in [1.165, 1.54) is 10.6 Å². The minimum absolute atomic E-state index is 0.0629. The normalized spacial score (nSPS) is 18.8. The number of furan rings is 1. The maximum atomic E-state index is 14.0. The minimum atomic E-state index is -4.02. The maximum Gasteiger partial charge on any atom is 0.265 e. The first kappa shape index (κ1) is 19.6. The lowest BCUT2D eigenvalue weighted by Gasteiger charge is -2.33. The molecule has 0 amide bonds. The second-order valence-electron chi connectivity index (χ2n) is 7.84. The number of ketones is 1. The minimum Gasteiger partial charge on any atom is -0.467 e. The Hall–Kier alpha value is -3.32. The third kappa shape index (κ3) is 3.25.